The number of halogens is 2. The molecular formula is C26H16Cl2N2O4. The molecule has 5 rings (SSSR count). The zero-order chi connectivity index (χ0) is 24.0. The molecule has 0 spiro atoms. The number of nitrogens with zero attached hydrogens (tertiary/aromatic N) is 1. The van der Waals surface area contributed by atoms with Crippen molar-refractivity contribution in [3.63, 3.8) is 0 Å². The maximum atomic E-state index is 12.8. The molecule has 2 heterocycles. The van der Waals surface area contributed by atoms with Gasteiger partial charge in [-0.1, -0.05) is 53.5 Å². The number of allylic oxidation sites excluding steroid dienone is 1. The summed E-state index contributed by atoms with van der Waals surface area (Å²) in [5.74, 6) is -0.696. The van der Waals surface area contributed by atoms with Crippen LogP contribution in [0.25, 0.3) is 11.0 Å². The van der Waals surface area contributed by atoms with E-state index in [-0.39, 0.29) is 23.0 Å². The van der Waals surface area contributed by atoms with Crippen molar-refractivity contribution in [1.82, 2.24) is 0 Å². The van der Waals surface area contributed by atoms with Gasteiger partial charge in [-0.25, -0.2) is 4.79 Å². The van der Waals surface area contributed by atoms with E-state index in [1.807, 2.05) is 18.2 Å². The third-order valence-electron chi connectivity index (χ3n) is 5.72. The Morgan fingerprint density at radius 1 is 1.09 bits per heavy atom. The first-order chi connectivity index (χ1) is 16.4. The topological polar surface area (TPSA) is 98.5 Å². The van der Waals surface area contributed by atoms with Gasteiger partial charge in [0.25, 0.3) is 0 Å². The Hall–Kier alpha value is -3.92. The largest absolute Gasteiger partial charge is 0.449 e. The summed E-state index contributed by atoms with van der Waals surface area (Å²) in [4.78, 5) is 12.8. The average molecular weight is 491 g/mol. The Morgan fingerprint density at radius 3 is 2.53 bits per heavy atom. The Bertz CT molecular complexity index is 1530. The summed E-state index contributed by atoms with van der Waals surface area (Å²) >= 11 is 12.9. The normalized spacial score (nSPS) is 14.9. The number of para-hydroxylation sites is 1. The molecular weight excluding hydrogens is 475 g/mol. The number of hydrogen-bond donors (Lipinski definition) is 1. The van der Waals surface area contributed by atoms with Gasteiger partial charge in [0.05, 0.1) is 5.92 Å². The second-order valence-electron chi connectivity index (χ2n) is 7.70. The molecule has 0 amide bonds. The quantitative estimate of drug-likeness (QED) is 0.260. The molecule has 0 saturated carbocycles. The van der Waals surface area contributed by atoms with Crippen LogP contribution in [0.15, 0.2) is 76.5 Å². The predicted molar refractivity (Wildman–Crippen MR) is 128 cm³/mol. The highest BCUT2D eigenvalue weighted by Crippen LogP contribution is 2.47. The molecule has 168 valence electrons. The first kappa shape index (κ1) is 21.9. The Kier molecular flexibility index (Phi) is 5.45. The smallest absolute Gasteiger partial charge is 0.379 e. The van der Waals surface area contributed by atoms with Crippen LogP contribution in [0.5, 0.6) is 11.5 Å². The van der Waals surface area contributed by atoms with Crippen LogP contribution in [0.2, 0.25) is 10.0 Å². The minimum atomic E-state index is -0.642. The number of furan rings is 1. The lowest BCUT2D eigenvalue weighted by Crippen LogP contribution is -2.21. The van der Waals surface area contributed by atoms with Crippen molar-refractivity contribution < 1.29 is 18.7 Å². The Labute approximate surface area is 204 Å². The van der Waals surface area contributed by atoms with Gasteiger partial charge in [-0.2, -0.15) is 5.26 Å². The number of nitriles is 1. The molecule has 34 heavy (non-hydrogen) atoms. The van der Waals surface area contributed by atoms with Gasteiger partial charge in [-0.15, -0.1) is 0 Å². The highest BCUT2D eigenvalue weighted by molar-refractivity contribution is 6.36. The van der Waals surface area contributed by atoms with Crippen LogP contribution in [0, 0.1) is 18.3 Å². The van der Waals surface area contributed by atoms with Gasteiger partial charge >= 0.3 is 5.97 Å². The molecule has 4 aromatic rings. The van der Waals surface area contributed by atoms with Crippen molar-refractivity contribution in [1.29, 1.82) is 5.26 Å². The fourth-order valence-electron chi connectivity index (χ4n) is 4.10. The zero-order valence-electron chi connectivity index (χ0n) is 17.8. The minimum Gasteiger partial charge on any atom is -0.449 e. The van der Waals surface area contributed by atoms with Gasteiger partial charge < -0.3 is 19.6 Å². The lowest BCUT2D eigenvalue weighted by Gasteiger charge is -2.27. The standard InChI is InChI=1S/C26H16Cl2N2O4/c1-13-15-5-2-3-8-20(15)33-24(13)26(31)32-14-9-10-16-21(11-14)34-25(30)17(12-29)22(16)23-18(27)6-4-7-19(23)28/h2-11,22H,30H2,1H3. The lowest BCUT2D eigenvalue weighted by atomic mass is 9.83. The third kappa shape index (κ3) is 3.56. The van der Waals surface area contributed by atoms with Crippen LogP contribution in [0.1, 0.15) is 33.2 Å². The van der Waals surface area contributed by atoms with Gasteiger partial charge in [0.2, 0.25) is 11.6 Å². The fraction of sp³-hybridized carbons (Fsp3) is 0.0769. The number of carbonyl (C=O) groups excluding carboxylic acids is 1. The van der Waals surface area contributed by atoms with E-state index in [4.69, 9.17) is 42.8 Å². The summed E-state index contributed by atoms with van der Waals surface area (Å²) in [6.07, 6.45) is 0. The number of carbonyl (C=O) groups is 1. The zero-order valence-corrected chi connectivity index (χ0v) is 19.3. The van der Waals surface area contributed by atoms with Crippen molar-refractivity contribution in [3.8, 4) is 17.6 Å². The van der Waals surface area contributed by atoms with E-state index in [1.54, 1.807) is 43.3 Å². The van der Waals surface area contributed by atoms with Crippen molar-refractivity contribution in [2.45, 2.75) is 12.8 Å². The minimum absolute atomic E-state index is 0.0763. The molecule has 0 saturated heterocycles. The number of nitrogens with two attached hydrogens (primary N) is 1. The molecule has 2 N–H and O–H groups in total. The van der Waals surface area contributed by atoms with Gasteiger partial charge in [-0.05, 0) is 31.2 Å². The summed E-state index contributed by atoms with van der Waals surface area (Å²) in [5, 5.41) is 11.4. The van der Waals surface area contributed by atoms with Gasteiger partial charge in [0.1, 0.15) is 28.7 Å². The van der Waals surface area contributed by atoms with Gasteiger partial charge in [0, 0.05) is 38.2 Å². The number of rotatable bonds is 3. The van der Waals surface area contributed by atoms with Crippen LogP contribution in [0.3, 0.4) is 0 Å². The first-order valence-electron chi connectivity index (χ1n) is 10.2. The molecule has 6 nitrogen and oxygen atoms in total. The van der Waals surface area contributed by atoms with Gasteiger partial charge in [0.15, 0.2) is 0 Å². The number of benzene rings is 3. The molecule has 1 aliphatic heterocycles. The molecule has 1 aliphatic rings. The average Bonchev–Trinajstić information content (AvgIpc) is 3.15. The van der Waals surface area contributed by atoms with Crippen LogP contribution >= 0.6 is 23.2 Å². The molecule has 0 radical (unpaired) electrons. The third-order valence-corrected chi connectivity index (χ3v) is 6.38. The van der Waals surface area contributed by atoms with E-state index in [1.165, 1.54) is 6.07 Å². The van der Waals surface area contributed by atoms with E-state index in [9.17, 15) is 10.1 Å². The van der Waals surface area contributed by atoms with Crippen LogP contribution in [-0.4, -0.2) is 5.97 Å². The second kappa shape index (κ2) is 8.45. The van der Waals surface area contributed by atoms with Crippen molar-refractivity contribution in [2.75, 3.05) is 0 Å². The van der Waals surface area contributed by atoms with E-state index >= 15 is 0 Å². The summed E-state index contributed by atoms with van der Waals surface area (Å²) in [5.41, 5.74) is 8.69. The van der Waals surface area contributed by atoms with E-state index < -0.39 is 11.9 Å². The fourth-order valence-corrected chi connectivity index (χ4v) is 4.72. The Morgan fingerprint density at radius 2 is 1.82 bits per heavy atom. The molecule has 1 aromatic heterocycles. The highest BCUT2D eigenvalue weighted by Gasteiger charge is 2.34. The van der Waals surface area contributed by atoms with Crippen LogP contribution in [0.4, 0.5) is 0 Å². The number of ether oxygens (including phenoxy) is 2. The molecule has 0 fully saturated rings. The number of fused-ring (bicyclic) bond motifs is 2. The first-order valence-corrected chi connectivity index (χ1v) is 11.0. The summed E-state index contributed by atoms with van der Waals surface area (Å²) < 4.78 is 17.0. The second-order valence-corrected chi connectivity index (χ2v) is 8.52. The van der Waals surface area contributed by atoms with Crippen molar-refractivity contribution in [3.05, 3.63) is 105 Å². The van der Waals surface area contributed by atoms with Crippen molar-refractivity contribution >= 4 is 40.1 Å². The molecule has 1 atom stereocenters. The molecule has 0 bridgehead atoms. The number of esters is 1. The number of hydrogen-bond acceptors (Lipinski definition) is 6. The summed E-state index contributed by atoms with van der Waals surface area (Å²) in [7, 11) is 0. The molecule has 3 aromatic carbocycles. The Balaban J connectivity index is 1.53. The van der Waals surface area contributed by atoms with Crippen LogP contribution in [-0.2, 0) is 0 Å². The maximum absolute atomic E-state index is 12.8. The molecule has 0 aliphatic carbocycles. The summed E-state index contributed by atoms with van der Waals surface area (Å²) in [6.45, 7) is 1.80. The van der Waals surface area contributed by atoms with Crippen molar-refractivity contribution in [2.24, 2.45) is 5.73 Å². The monoisotopic (exact) mass is 490 g/mol. The van der Waals surface area contributed by atoms with E-state index in [0.29, 0.717) is 38.1 Å². The number of aryl methyl sites for hydroxylation is 1. The highest BCUT2D eigenvalue weighted by atomic mass is 35.5. The van der Waals surface area contributed by atoms with E-state index in [2.05, 4.69) is 6.07 Å². The van der Waals surface area contributed by atoms with Crippen LogP contribution < -0.4 is 15.2 Å². The predicted octanol–water partition coefficient (Wildman–Crippen LogP) is 6.49. The lowest BCUT2D eigenvalue weighted by molar-refractivity contribution is 0.0702. The molecule has 1 unspecified atom stereocenters. The van der Waals surface area contributed by atoms with Gasteiger partial charge in [-0.3, -0.25) is 0 Å². The maximum Gasteiger partial charge on any atom is 0.379 e. The molecule has 8 heteroatoms. The summed E-state index contributed by atoms with van der Waals surface area (Å²) in [6, 6.07) is 19.4. The SMILES string of the molecule is Cc1c(C(=O)Oc2ccc3c(c2)OC(N)=C(C#N)C3c2c(Cl)cccc2Cl)oc2ccccc12. The van der Waals surface area contributed by atoms with E-state index in [0.717, 1.165) is 5.39 Å².